The van der Waals surface area contributed by atoms with E-state index in [2.05, 4.69) is 5.32 Å². The maximum absolute atomic E-state index is 13.9. The van der Waals surface area contributed by atoms with Crippen molar-refractivity contribution in [1.82, 2.24) is 10.2 Å². The van der Waals surface area contributed by atoms with Crippen LogP contribution in [0, 0.1) is 11.7 Å². The van der Waals surface area contributed by atoms with Gasteiger partial charge in [-0.2, -0.15) is 0 Å². The number of ether oxygens (including phenoxy) is 1. The fourth-order valence-corrected chi connectivity index (χ4v) is 2.79. The zero-order valence-electron chi connectivity index (χ0n) is 14.5. The summed E-state index contributed by atoms with van der Waals surface area (Å²) in [6.07, 6.45) is 1.24. The summed E-state index contributed by atoms with van der Waals surface area (Å²) >= 11 is 0. The molecule has 0 radical (unpaired) electrons. The maximum atomic E-state index is 13.9. The van der Waals surface area contributed by atoms with Crippen molar-refractivity contribution in [1.29, 1.82) is 0 Å². The van der Waals surface area contributed by atoms with Gasteiger partial charge in [0.15, 0.2) is 11.6 Å². The number of nitrogens with one attached hydrogen (secondary N) is 1. The Morgan fingerprint density at radius 3 is 2.54 bits per heavy atom. The van der Waals surface area contributed by atoms with Gasteiger partial charge in [0, 0.05) is 32.5 Å². The smallest absolute Gasteiger partial charge is 0.223 e. The molecule has 1 saturated heterocycles. The molecular weight excluding hydrogens is 311 g/mol. The van der Waals surface area contributed by atoms with Gasteiger partial charge >= 0.3 is 0 Å². The molecule has 5 nitrogen and oxygen atoms in total. The Morgan fingerprint density at radius 2 is 2.00 bits per heavy atom. The number of piperidine rings is 1. The second-order valence-corrected chi connectivity index (χ2v) is 6.43. The molecule has 1 fully saturated rings. The third-order valence-electron chi connectivity index (χ3n) is 4.14. The van der Waals surface area contributed by atoms with Crippen molar-refractivity contribution in [3.63, 3.8) is 0 Å². The van der Waals surface area contributed by atoms with Gasteiger partial charge in [-0.1, -0.05) is 6.07 Å². The van der Waals surface area contributed by atoms with Crippen LogP contribution in [-0.4, -0.2) is 35.9 Å². The fraction of sp³-hybridized carbons (Fsp3) is 0.556. The maximum Gasteiger partial charge on any atom is 0.223 e. The van der Waals surface area contributed by atoms with Crippen molar-refractivity contribution in [3.05, 3.63) is 29.6 Å². The summed E-state index contributed by atoms with van der Waals surface area (Å²) in [6.45, 7) is 6.73. The van der Waals surface area contributed by atoms with Gasteiger partial charge in [0.1, 0.15) is 0 Å². The first-order valence-electron chi connectivity index (χ1n) is 8.35. The topological polar surface area (TPSA) is 58.6 Å². The molecule has 1 aromatic rings. The minimum Gasteiger partial charge on any atom is -0.488 e. The number of amides is 2. The predicted molar refractivity (Wildman–Crippen MR) is 89.0 cm³/mol. The van der Waals surface area contributed by atoms with Crippen molar-refractivity contribution in [2.75, 3.05) is 13.1 Å². The molecule has 132 valence electrons. The van der Waals surface area contributed by atoms with Gasteiger partial charge in [-0.25, -0.2) is 4.39 Å². The first-order valence-corrected chi connectivity index (χ1v) is 8.35. The lowest BCUT2D eigenvalue weighted by Crippen LogP contribution is -2.42. The number of nitrogens with zero attached hydrogens (tertiary/aromatic N) is 1. The van der Waals surface area contributed by atoms with Gasteiger partial charge < -0.3 is 15.0 Å². The van der Waals surface area contributed by atoms with Crippen LogP contribution in [0.2, 0.25) is 0 Å². The molecule has 1 N–H and O–H groups in total. The van der Waals surface area contributed by atoms with E-state index in [1.54, 1.807) is 24.0 Å². The van der Waals surface area contributed by atoms with Crippen LogP contribution in [-0.2, 0) is 16.1 Å². The second-order valence-electron chi connectivity index (χ2n) is 6.43. The number of hydrogen-bond acceptors (Lipinski definition) is 3. The molecule has 0 spiro atoms. The first kappa shape index (κ1) is 18.2. The second kappa shape index (κ2) is 8.13. The molecule has 1 heterocycles. The molecule has 1 aromatic carbocycles. The molecule has 6 heteroatoms. The van der Waals surface area contributed by atoms with E-state index in [9.17, 15) is 14.0 Å². The Bertz CT molecular complexity index is 596. The highest BCUT2D eigenvalue weighted by Gasteiger charge is 2.25. The lowest BCUT2D eigenvalue weighted by molar-refractivity contribution is -0.134. The molecule has 24 heavy (non-hydrogen) atoms. The standard InChI is InChI=1S/C18H25FN2O3/c1-12(2)24-17-5-4-14(10-16(17)19)11-20-18(23)15-6-8-21(9-7-15)13(3)22/h4-5,10,12,15H,6-9,11H2,1-3H3,(H,20,23). The number of rotatable bonds is 5. The predicted octanol–water partition coefficient (Wildman–Crippen LogP) is 2.49. The quantitative estimate of drug-likeness (QED) is 0.899. The molecular formula is C18H25FN2O3. The number of carbonyl (C=O) groups is 2. The van der Waals surface area contributed by atoms with Crippen molar-refractivity contribution in [2.24, 2.45) is 5.92 Å². The molecule has 0 bridgehead atoms. The van der Waals surface area contributed by atoms with E-state index in [1.165, 1.54) is 6.07 Å². The molecule has 0 aromatic heterocycles. The molecule has 0 atom stereocenters. The summed E-state index contributed by atoms with van der Waals surface area (Å²) in [5, 5.41) is 2.85. The van der Waals surface area contributed by atoms with Crippen LogP contribution in [0.4, 0.5) is 4.39 Å². The van der Waals surface area contributed by atoms with Gasteiger partial charge in [0.25, 0.3) is 0 Å². The lowest BCUT2D eigenvalue weighted by Gasteiger charge is -2.30. The third-order valence-corrected chi connectivity index (χ3v) is 4.14. The molecule has 1 aliphatic rings. The fourth-order valence-electron chi connectivity index (χ4n) is 2.79. The van der Waals surface area contributed by atoms with Crippen LogP contribution in [0.25, 0.3) is 0 Å². The molecule has 2 rings (SSSR count). The van der Waals surface area contributed by atoms with Crippen LogP contribution in [0.1, 0.15) is 39.2 Å². The summed E-state index contributed by atoms with van der Waals surface area (Å²) in [7, 11) is 0. The van der Waals surface area contributed by atoms with Crippen molar-refractivity contribution >= 4 is 11.8 Å². The zero-order valence-corrected chi connectivity index (χ0v) is 14.5. The third kappa shape index (κ3) is 4.94. The minimum atomic E-state index is -0.426. The van der Waals surface area contributed by atoms with E-state index >= 15 is 0 Å². The monoisotopic (exact) mass is 336 g/mol. The highest BCUT2D eigenvalue weighted by Crippen LogP contribution is 2.20. The van der Waals surface area contributed by atoms with Crippen LogP contribution in [0.15, 0.2) is 18.2 Å². The number of hydrogen-bond donors (Lipinski definition) is 1. The van der Waals surface area contributed by atoms with E-state index in [-0.39, 0.29) is 36.1 Å². The van der Waals surface area contributed by atoms with Crippen LogP contribution in [0.3, 0.4) is 0 Å². The molecule has 1 aliphatic heterocycles. The zero-order chi connectivity index (χ0) is 17.7. The van der Waals surface area contributed by atoms with E-state index in [1.807, 2.05) is 13.8 Å². The van der Waals surface area contributed by atoms with Crippen molar-refractivity contribution in [2.45, 2.75) is 46.3 Å². The summed E-state index contributed by atoms with van der Waals surface area (Å²) in [5.74, 6) is -0.287. The van der Waals surface area contributed by atoms with E-state index in [4.69, 9.17) is 4.74 Å². The average Bonchev–Trinajstić information content (AvgIpc) is 2.54. The SMILES string of the molecule is CC(=O)N1CCC(C(=O)NCc2ccc(OC(C)C)c(F)c2)CC1. The van der Waals surface area contributed by atoms with Gasteiger partial charge in [-0.05, 0) is 44.4 Å². The highest BCUT2D eigenvalue weighted by atomic mass is 19.1. The average molecular weight is 336 g/mol. The highest BCUT2D eigenvalue weighted by molar-refractivity contribution is 5.79. The molecule has 0 saturated carbocycles. The van der Waals surface area contributed by atoms with Gasteiger partial charge in [-0.15, -0.1) is 0 Å². The van der Waals surface area contributed by atoms with Gasteiger partial charge in [0.2, 0.25) is 11.8 Å². The number of likely N-dealkylation sites (tertiary alicyclic amines) is 1. The summed E-state index contributed by atoms with van der Waals surface area (Å²) in [4.78, 5) is 25.3. The largest absolute Gasteiger partial charge is 0.488 e. The number of benzene rings is 1. The van der Waals surface area contributed by atoms with Crippen LogP contribution in [0.5, 0.6) is 5.75 Å². The Kier molecular flexibility index (Phi) is 6.17. The molecule has 0 unspecified atom stereocenters. The Morgan fingerprint density at radius 1 is 1.33 bits per heavy atom. The number of halogens is 1. The van der Waals surface area contributed by atoms with Crippen molar-refractivity contribution < 1.29 is 18.7 Å². The Labute approximate surface area is 142 Å². The first-order chi connectivity index (χ1) is 11.4. The van der Waals surface area contributed by atoms with Crippen LogP contribution >= 0.6 is 0 Å². The number of carbonyl (C=O) groups excluding carboxylic acids is 2. The summed E-state index contributed by atoms with van der Waals surface area (Å²) in [5.41, 5.74) is 0.693. The van der Waals surface area contributed by atoms with E-state index < -0.39 is 5.82 Å². The van der Waals surface area contributed by atoms with Crippen molar-refractivity contribution in [3.8, 4) is 5.75 Å². The van der Waals surface area contributed by atoms with Gasteiger partial charge in [-0.3, -0.25) is 9.59 Å². The molecule has 2 amide bonds. The van der Waals surface area contributed by atoms with Crippen LogP contribution < -0.4 is 10.1 Å². The Hall–Kier alpha value is -2.11. The van der Waals surface area contributed by atoms with E-state index in [0.29, 0.717) is 31.5 Å². The minimum absolute atomic E-state index is 0.0406. The Balaban J connectivity index is 1.84. The van der Waals surface area contributed by atoms with E-state index in [0.717, 1.165) is 0 Å². The molecule has 0 aliphatic carbocycles. The summed E-state index contributed by atoms with van der Waals surface area (Å²) in [6, 6.07) is 4.72. The summed E-state index contributed by atoms with van der Waals surface area (Å²) < 4.78 is 19.3. The normalized spacial score (nSPS) is 15.5. The van der Waals surface area contributed by atoms with Gasteiger partial charge in [0.05, 0.1) is 6.10 Å². The lowest BCUT2D eigenvalue weighted by atomic mass is 9.96.